The third kappa shape index (κ3) is 3.22. The summed E-state index contributed by atoms with van der Waals surface area (Å²) in [6.07, 6.45) is 5.53. The molecular formula is C20H24N4O2. The summed E-state index contributed by atoms with van der Waals surface area (Å²) >= 11 is 0. The summed E-state index contributed by atoms with van der Waals surface area (Å²) < 4.78 is 0. The lowest BCUT2D eigenvalue weighted by Crippen LogP contribution is -2.52. The summed E-state index contributed by atoms with van der Waals surface area (Å²) in [7, 11) is 0. The Morgan fingerprint density at radius 2 is 2.08 bits per heavy atom. The van der Waals surface area contributed by atoms with Gasteiger partial charge in [-0.2, -0.15) is 0 Å². The number of carbonyl (C=O) groups is 1. The van der Waals surface area contributed by atoms with Gasteiger partial charge in [0, 0.05) is 50.5 Å². The fourth-order valence-corrected chi connectivity index (χ4v) is 4.43. The van der Waals surface area contributed by atoms with E-state index in [4.69, 9.17) is 0 Å². The van der Waals surface area contributed by atoms with Gasteiger partial charge in [-0.25, -0.2) is 4.98 Å². The van der Waals surface area contributed by atoms with E-state index < -0.39 is 0 Å². The van der Waals surface area contributed by atoms with Gasteiger partial charge in [-0.15, -0.1) is 0 Å². The van der Waals surface area contributed by atoms with Gasteiger partial charge >= 0.3 is 0 Å². The molecule has 0 saturated carbocycles. The van der Waals surface area contributed by atoms with E-state index in [1.807, 2.05) is 11.0 Å². The van der Waals surface area contributed by atoms with Crippen LogP contribution in [0.1, 0.15) is 22.5 Å². The van der Waals surface area contributed by atoms with Crippen molar-refractivity contribution in [2.24, 2.45) is 11.3 Å². The number of carbonyl (C=O) groups excluding carboxylic acids is 1. The number of aliphatic hydroxyl groups is 1. The normalized spacial score (nSPS) is 25.9. The zero-order valence-corrected chi connectivity index (χ0v) is 14.8. The van der Waals surface area contributed by atoms with E-state index in [2.05, 4.69) is 39.1 Å². The monoisotopic (exact) mass is 352 g/mol. The lowest BCUT2D eigenvalue weighted by molar-refractivity contribution is 0.0114. The molecule has 1 aromatic heterocycles. The highest BCUT2D eigenvalue weighted by Gasteiger charge is 2.50. The van der Waals surface area contributed by atoms with Crippen molar-refractivity contribution in [2.75, 3.05) is 32.8 Å². The molecule has 6 nitrogen and oxygen atoms in total. The van der Waals surface area contributed by atoms with Crippen molar-refractivity contribution in [3.8, 4) is 0 Å². The third-order valence-electron chi connectivity index (χ3n) is 5.77. The number of piperidine rings is 1. The van der Waals surface area contributed by atoms with E-state index in [0.717, 1.165) is 26.1 Å². The Morgan fingerprint density at radius 1 is 1.23 bits per heavy atom. The van der Waals surface area contributed by atoms with Crippen LogP contribution < -0.4 is 0 Å². The number of benzene rings is 1. The molecule has 1 amide bonds. The second-order valence-corrected chi connectivity index (χ2v) is 7.48. The summed E-state index contributed by atoms with van der Waals surface area (Å²) in [5.74, 6) is 0.327. The van der Waals surface area contributed by atoms with Crippen molar-refractivity contribution in [1.82, 2.24) is 19.8 Å². The summed E-state index contributed by atoms with van der Waals surface area (Å²) in [5, 5.41) is 10.2. The smallest absolute Gasteiger partial charge is 0.274 e. The summed E-state index contributed by atoms with van der Waals surface area (Å²) in [6.45, 7) is 4.07. The van der Waals surface area contributed by atoms with Crippen LogP contribution in [0.15, 0.2) is 48.9 Å². The second kappa shape index (κ2) is 7.13. The van der Waals surface area contributed by atoms with Crippen LogP contribution in [0.2, 0.25) is 0 Å². The molecule has 0 radical (unpaired) electrons. The molecule has 0 aliphatic carbocycles. The summed E-state index contributed by atoms with van der Waals surface area (Å²) in [6, 6.07) is 10.4. The van der Waals surface area contributed by atoms with Crippen molar-refractivity contribution < 1.29 is 9.90 Å². The lowest BCUT2D eigenvalue weighted by Gasteiger charge is -2.43. The Labute approximate surface area is 153 Å². The van der Waals surface area contributed by atoms with Crippen LogP contribution >= 0.6 is 0 Å². The van der Waals surface area contributed by atoms with E-state index >= 15 is 0 Å². The lowest BCUT2D eigenvalue weighted by atomic mass is 9.74. The molecule has 26 heavy (non-hydrogen) atoms. The fraction of sp³-hybridized carbons (Fsp3) is 0.450. The van der Waals surface area contributed by atoms with Gasteiger partial charge in [0.25, 0.3) is 5.91 Å². The van der Waals surface area contributed by atoms with Gasteiger partial charge in [-0.05, 0) is 17.9 Å². The Bertz CT molecular complexity index is 755. The SMILES string of the molecule is O=C(c1cnccn1)N1CCC2CN(Cc3ccccc3)CC2(CO)C1. The van der Waals surface area contributed by atoms with Gasteiger partial charge in [0.05, 0.1) is 12.8 Å². The minimum Gasteiger partial charge on any atom is -0.396 e. The van der Waals surface area contributed by atoms with E-state index in [1.54, 1.807) is 12.4 Å². The molecule has 2 atom stereocenters. The minimum atomic E-state index is -0.245. The van der Waals surface area contributed by atoms with Crippen LogP contribution in [0.4, 0.5) is 0 Å². The van der Waals surface area contributed by atoms with Gasteiger partial charge in [-0.1, -0.05) is 30.3 Å². The van der Waals surface area contributed by atoms with Crippen LogP contribution in [-0.2, 0) is 6.54 Å². The molecule has 136 valence electrons. The molecule has 2 saturated heterocycles. The van der Waals surface area contributed by atoms with Crippen molar-refractivity contribution >= 4 is 5.91 Å². The number of likely N-dealkylation sites (tertiary alicyclic amines) is 2. The maximum Gasteiger partial charge on any atom is 0.274 e. The van der Waals surface area contributed by atoms with Gasteiger partial charge in [0.15, 0.2) is 0 Å². The molecule has 1 aromatic carbocycles. The number of aromatic nitrogens is 2. The highest BCUT2D eigenvalue weighted by atomic mass is 16.3. The van der Waals surface area contributed by atoms with Crippen LogP contribution in [0, 0.1) is 11.3 Å². The maximum absolute atomic E-state index is 12.7. The van der Waals surface area contributed by atoms with E-state index in [9.17, 15) is 9.90 Å². The van der Waals surface area contributed by atoms with E-state index in [0.29, 0.717) is 24.7 Å². The average Bonchev–Trinajstić information content (AvgIpc) is 3.06. The van der Waals surface area contributed by atoms with Crippen molar-refractivity contribution in [3.63, 3.8) is 0 Å². The highest BCUT2D eigenvalue weighted by molar-refractivity contribution is 5.92. The molecule has 2 aromatic rings. The minimum absolute atomic E-state index is 0.0918. The molecule has 2 fully saturated rings. The molecule has 3 heterocycles. The van der Waals surface area contributed by atoms with E-state index in [-0.39, 0.29) is 17.9 Å². The average molecular weight is 352 g/mol. The standard InChI is InChI=1S/C20H24N4O2/c25-15-20-13-23(11-16-4-2-1-3-5-16)12-17(20)6-9-24(14-20)19(26)18-10-21-7-8-22-18/h1-5,7-8,10,17,25H,6,9,11-15H2. The molecule has 2 unspecified atom stereocenters. The topological polar surface area (TPSA) is 69.6 Å². The number of hydrogen-bond donors (Lipinski definition) is 1. The molecule has 0 spiro atoms. The van der Waals surface area contributed by atoms with E-state index in [1.165, 1.54) is 11.8 Å². The van der Waals surface area contributed by atoms with Crippen molar-refractivity contribution in [2.45, 2.75) is 13.0 Å². The molecule has 4 rings (SSSR count). The molecule has 1 N–H and O–H groups in total. The van der Waals surface area contributed by atoms with Crippen molar-refractivity contribution in [3.05, 3.63) is 60.2 Å². The second-order valence-electron chi connectivity index (χ2n) is 7.48. The first kappa shape index (κ1) is 17.1. The number of aliphatic hydroxyl groups excluding tert-OH is 1. The number of fused-ring (bicyclic) bond motifs is 1. The summed E-state index contributed by atoms with van der Waals surface area (Å²) in [5.41, 5.74) is 1.41. The Hall–Kier alpha value is -2.31. The number of hydrogen-bond acceptors (Lipinski definition) is 5. The molecule has 6 heteroatoms. The first-order chi connectivity index (χ1) is 12.7. The summed E-state index contributed by atoms with van der Waals surface area (Å²) in [4.78, 5) is 25.1. The number of nitrogens with zero attached hydrogens (tertiary/aromatic N) is 4. The highest BCUT2D eigenvalue weighted by Crippen LogP contribution is 2.42. The number of amides is 1. The van der Waals surface area contributed by atoms with Gasteiger partial charge in [-0.3, -0.25) is 14.7 Å². The molecule has 2 aliphatic rings. The Kier molecular flexibility index (Phi) is 4.70. The van der Waals surface area contributed by atoms with Crippen LogP contribution in [0.5, 0.6) is 0 Å². The fourth-order valence-electron chi connectivity index (χ4n) is 4.43. The van der Waals surface area contributed by atoms with Crippen LogP contribution in [0.25, 0.3) is 0 Å². The third-order valence-corrected chi connectivity index (χ3v) is 5.77. The Morgan fingerprint density at radius 3 is 2.81 bits per heavy atom. The zero-order chi connectivity index (χ0) is 18.0. The van der Waals surface area contributed by atoms with Gasteiger partial charge < -0.3 is 10.0 Å². The predicted molar refractivity (Wildman–Crippen MR) is 97.3 cm³/mol. The van der Waals surface area contributed by atoms with Gasteiger partial charge in [0.1, 0.15) is 5.69 Å². The number of rotatable bonds is 4. The first-order valence-corrected chi connectivity index (χ1v) is 9.13. The van der Waals surface area contributed by atoms with Crippen LogP contribution in [-0.4, -0.2) is 63.6 Å². The predicted octanol–water partition coefficient (Wildman–Crippen LogP) is 1.43. The maximum atomic E-state index is 12.7. The zero-order valence-electron chi connectivity index (χ0n) is 14.8. The van der Waals surface area contributed by atoms with Gasteiger partial charge in [0.2, 0.25) is 0 Å². The largest absolute Gasteiger partial charge is 0.396 e. The molecule has 0 bridgehead atoms. The molecule has 2 aliphatic heterocycles. The van der Waals surface area contributed by atoms with Crippen LogP contribution in [0.3, 0.4) is 0 Å². The molecular weight excluding hydrogens is 328 g/mol. The Balaban J connectivity index is 1.48. The quantitative estimate of drug-likeness (QED) is 0.902. The van der Waals surface area contributed by atoms with Crippen molar-refractivity contribution in [1.29, 1.82) is 0 Å². The first-order valence-electron chi connectivity index (χ1n) is 9.13.